The van der Waals surface area contributed by atoms with Gasteiger partial charge in [0.1, 0.15) is 42.4 Å². The minimum absolute atomic E-state index is 0.00428. The summed E-state index contributed by atoms with van der Waals surface area (Å²) in [5.41, 5.74) is 27.0. The van der Waals surface area contributed by atoms with Crippen LogP contribution in [-0.4, -0.2) is 180 Å². The predicted molar refractivity (Wildman–Crippen MR) is 395 cm³/mol. The number of carboxylic acids is 5. The molecule has 0 saturated heterocycles. The number of ether oxygens (including phenoxy) is 5. The summed E-state index contributed by atoms with van der Waals surface area (Å²) >= 11 is 0. The number of amides is 5. The second-order valence-corrected chi connectivity index (χ2v) is 28.5. The molecular weight excluding hydrogens is 1370 g/mol. The standard InChI is InChI=1S/C17H26N2O4.C15H24N2O4.C15H26N2O4.C15H24N2O4.C14H22N2O4/c18-15(16(20)21)9-5-6-10-19-17(22)23-11-14-12-7-3-1-2-4-8-13(12)14;16-13(14(18)19)3-1-2-6-17-15(20)21-9-12-8-10-4-5-11(12)7-10;2*16-13(14(18)19)10-6-7-11-17-15(20)21-12-8-4-2-1-3-5-9-12;15-11(13(17)18)3-1-2-6-16-14(19)20-12-8-9-4-5-10(12)7-9/h12-15H,3-11,18H2,(H,19,22)(H,20,21);4-5,10-13H,1-3,6-9,16H2,(H,17,20)(H,18,19);1-2,12-13H,3-11,16H2,(H,17,20)(H,18,19);12-13H,1-4,6-8,10-11,16H2,(H,17,20)(H,18,19);4-5,9-12H,1-3,6-8,15H2,(H,16,19)(H,17,18)/b;;2-1+;;/t12-,13+,14?,15-;10?,11?,12?,13-;2*12?,13-;9?,10?,11-,12?/m00000/s1. The summed E-state index contributed by atoms with van der Waals surface area (Å²) in [5, 5.41) is 56.6. The monoisotopic (exact) mass is 1490 g/mol. The molecule has 30 nitrogen and oxygen atoms in total. The maximum Gasteiger partial charge on any atom is 0.408 e. The van der Waals surface area contributed by atoms with Gasteiger partial charge in [-0.3, -0.25) is 24.0 Å². The van der Waals surface area contributed by atoms with Crippen LogP contribution in [0.15, 0.2) is 36.5 Å². The summed E-state index contributed by atoms with van der Waals surface area (Å²) in [7, 11) is 0. The second-order valence-electron chi connectivity index (χ2n) is 28.5. The van der Waals surface area contributed by atoms with Crippen molar-refractivity contribution in [1.29, 1.82) is 0 Å². The van der Waals surface area contributed by atoms with Gasteiger partial charge in [0.25, 0.3) is 0 Å². The van der Waals surface area contributed by atoms with Gasteiger partial charge >= 0.3 is 60.3 Å². The zero-order chi connectivity index (χ0) is 77.4. The molecular formula is C76H122N10O20. The molecule has 0 spiro atoms. The zero-order valence-corrected chi connectivity index (χ0v) is 61.7. The molecule has 16 atom stereocenters. The van der Waals surface area contributed by atoms with Crippen LogP contribution < -0.4 is 55.3 Å². The Balaban J connectivity index is 0.000000280. The highest BCUT2D eigenvalue weighted by Crippen LogP contribution is 2.52. The number of hydrogen-bond donors (Lipinski definition) is 15. The molecule has 8 rings (SSSR count). The molecule has 0 aromatic rings. The van der Waals surface area contributed by atoms with Gasteiger partial charge in [0, 0.05) is 63.8 Å². The van der Waals surface area contributed by atoms with Gasteiger partial charge in [-0.1, -0.05) is 54.7 Å². The second kappa shape index (κ2) is 52.8. The van der Waals surface area contributed by atoms with Gasteiger partial charge in [0.05, 0.1) is 13.2 Å². The number of nitrogens with one attached hydrogen (secondary N) is 5. The summed E-state index contributed by atoms with van der Waals surface area (Å²) in [6.07, 6.45) is 38.0. The van der Waals surface area contributed by atoms with Gasteiger partial charge < -0.3 is 104 Å². The first kappa shape index (κ1) is 90.2. The molecule has 30 heteroatoms. The maximum absolute atomic E-state index is 11.6. The Labute approximate surface area is 624 Å². The Bertz CT molecular complexity index is 2910. The quantitative estimate of drug-likeness (QED) is 0.0120. The summed E-state index contributed by atoms with van der Waals surface area (Å²) in [6.45, 7) is 3.37. The van der Waals surface area contributed by atoms with Crippen LogP contribution in [0, 0.1) is 71.0 Å². The van der Waals surface area contributed by atoms with E-state index >= 15 is 0 Å². The molecule has 0 aliphatic heterocycles. The fourth-order valence-electron chi connectivity index (χ4n) is 13.6. The van der Waals surface area contributed by atoms with Crippen LogP contribution in [-0.2, 0) is 47.7 Å². The van der Waals surface area contributed by atoms with Gasteiger partial charge in [-0.2, -0.15) is 0 Å². The lowest BCUT2D eigenvalue weighted by Crippen LogP contribution is -2.32. The lowest BCUT2D eigenvalue weighted by molar-refractivity contribution is -0.139. The SMILES string of the molecule is N[C@@H](CCCCNC(=O)OC1C#CCCCCC1)C(=O)O.N[C@@H](CCCCNC(=O)OC1CC/C=C/CCC1)C(=O)O.N[C@@H](CCCCNC(=O)OC1CC2C=CC1C2)C(=O)O.N[C@@H](CCCCNC(=O)OCC1CC2C=CC1C2)C(=O)O.N[C@@H](CCCCNC(=O)OCC1[C@H]2CCC#CCC[C@@H]12)C(=O)O. The van der Waals surface area contributed by atoms with Crippen LogP contribution in [0.5, 0.6) is 0 Å². The molecule has 9 unspecified atom stereocenters. The van der Waals surface area contributed by atoms with Crippen LogP contribution in [0.1, 0.15) is 212 Å². The minimum Gasteiger partial charge on any atom is -0.480 e. The largest absolute Gasteiger partial charge is 0.480 e. The van der Waals surface area contributed by atoms with E-state index in [0.717, 1.165) is 109 Å². The topological polar surface area (TPSA) is 508 Å². The average Bonchev–Trinajstić information content (AvgIpc) is 1.63. The van der Waals surface area contributed by atoms with Gasteiger partial charge in [-0.15, -0.1) is 11.8 Å². The molecule has 0 radical (unpaired) electrons. The van der Waals surface area contributed by atoms with E-state index < -0.39 is 66.1 Å². The smallest absolute Gasteiger partial charge is 0.408 e. The van der Waals surface area contributed by atoms with Gasteiger partial charge in [-0.05, 0) is 222 Å². The van der Waals surface area contributed by atoms with Crippen molar-refractivity contribution < 1.29 is 97.2 Å². The first-order chi connectivity index (χ1) is 50.9. The zero-order valence-electron chi connectivity index (χ0n) is 61.7. The van der Waals surface area contributed by atoms with Crippen LogP contribution in [0.2, 0.25) is 0 Å². The van der Waals surface area contributed by atoms with Crippen molar-refractivity contribution in [2.75, 3.05) is 45.9 Å². The van der Waals surface area contributed by atoms with Crippen molar-refractivity contribution in [2.45, 2.75) is 260 Å². The van der Waals surface area contributed by atoms with Gasteiger partial charge in [-0.25, -0.2) is 24.0 Å². The van der Waals surface area contributed by atoms with Crippen molar-refractivity contribution in [2.24, 2.45) is 76.0 Å². The third-order valence-electron chi connectivity index (χ3n) is 20.0. The van der Waals surface area contributed by atoms with Crippen molar-refractivity contribution in [3.63, 3.8) is 0 Å². The van der Waals surface area contributed by atoms with E-state index in [-0.39, 0.29) is 42.7 Å². The van der Waals surface area contributed by atoms with Crippen LogP contribution in [0.25, 0.3) is 0 Å². The number of hydrogen-bond acceptors (Lipinski definition) is 20. The van der Waals surface area contributed by atoms with E-state index in [4.69, 9.17) is 77.9 Å². The van der Waals surface area contributed by atoms with Crippen molar-refractivity contribution in [3.8, 4) is 23.7 Å². The van der Waals surface area contributed by atoms with Crippen LogP contribution in [0.4, 0.5) is 24.0 Å². The number of alkyl carbamates (subject to hydrolysis) is 5. The van der Waals surface area contributed by atoms with Crippen molar-refractivity contribution in [1.82, 2.24) is 26.6 Å². The normalized spacial score (nSPS) is 24.7. The van der Waals surface area contributed by atoms with E-state index in [9.17, 15) is 47.9 Å². The minimum atomic E-state index is -0.995. The number of aliphatic carboxylic acids is 5. The number of unbranched alkanes of at least 4 members (excludes halogenated alkanes) is 5. The fourth-order valence-corrected chi connectivity index (χ4v) is 13.6. The maximum atomic E-state index is 11.6. The molecule has 3 saturated carbocycles. The summed E-state index contributed by atoms with van der Waals surface area (Å²) < 4.78 is 26.6. The molecule has 596 valence electrons. The number of nitrogens with two attached hydrogens (primary N) is 5. The lowest BCUT2D eigenvalue weighted by Gasteiger charge is -2.19. The van der Waals surface area contributed by atoms with E-state index in [1.807, 2.05) is 0 Å². The van der Waals surface area contributed by atoms with Gasteiger partial charge in [0.2, 0.25) is 0 Å². The number of allylic oxidation sites excluding steroid dienone is 5. The molecule has 0 aromatic carbocycles. The highest BCUT2D eigenvalue weighted by molar-refractivity contribution is 5.75. The van der Waals surface area contributed by atoms with E-state index in [0.29, 0.717) is 190 Å². The van der Waals surface area contributed by atoms with Crippen molar-refractivity contribution >= 4 is 60.3 Å². The van der Waals surface area contributed by atoms with Crippen LogP contribution >= 0.6 is 0 Å². The fraction of sp³-hybridized carbons (Fsp3) is 0.737. The number of carboxylic acid groups (broad SMARTS) is 5. The molecule has 106 heavy (non-hydrogen) atoms. The molecule has 8 aliphatic carbocycles. The third kappa shape index (κ3) is 40.0. The number of carbonyl (C=O) groups is 10. The highest BCUT2D eigenvalue weighted by Gasteiger charge is 2.49. The van der Waals surface area contributed by atoms with E-state index in [2.05, 4.69) is 86.7 Å². The molecule has 5 amide bonds. The molecule has 8 aliphatic rings. The van der Waals surface area contributed by atoms with Crippen molar-refractivity contribution in [3.05, 3.63) is 36.5 Å². The molecule has 4 bridgehead atoms. The molecule has 0 aromatic heterocycles. The molecule has 3 fully saturated rings. The molecule has 20 N–H and O–H groups in total. The summed E-state index contributed by atoms with van der Waals surface area (Å²) in [5.74, 6) is 11.9. The lowest BCUT2D eigenvalue weighted by atomic mass is 9.95. The average molecular weight is 1500 g/mol. The van der Waals surface area contributed by atoms with E-state index in [1.165, 1.54) is 6.42 Å². The van der Waals surface area contributed by atoms with E-state index in [1.54, 1.807) is 0 Å². The number of fused-ring (bicyclic) bond motifs is 5. The third-order valence-corrected chi connectivity index (χ3v) is 20.0. The predicted octanol–water partition coefficient (Wildman–Crippen LogP) is 8.32. The molecule has 0 heterocycles. The first-order valence-corrected chi connectivity index (χ1v) is 38.4. The summed E-state index contributed by atoms with van der Waals surface area (Å²) in [4.78, 5) is 111. The Morgan fingerprint density at radius 2 is 0.821 bits per heavy atom. The Kier molecular flexibility index (Phi) is 44.9. The Morgan fingerprint density at radius 3 is 1.25 bits per heavy atom. The highest BCUT2D eigenvalue weighted by atomic mass is 16.6. The van der Waals surface area contributed by atoms with Gasteiger partial charge in [0.15, 0.2) is 6.10 Å². The number of rotatable bonds is 37. The van der Waals surface area contributed by atoms with Crippen LogP contribution in [0.3, 0.4) is 0 Å². The first-order valence-electron chi connectivity index (χ1n) is 38.4. The number of carbonyl (C=O) groups excluding carboxylic acids is 5. The summed E-state index contributed by atoms with van der Waals surface area (Å²) in [6, 6.07) is -4.11. The Hall–Kier alpha value is -8.16. The Morgan fingerprint density at radius 1 is 0.396 bits per heavy atom.